The molecule has 1 aliphatic heterocycles. The van der Waals surface area contributed by atoms with E-state index in [9.17, 15) is 4.79 Å². The van der Waals surface area contributed by atoms with E-state index in [2.05, 4.69) is 17.4 Å². The monoisotopic (exact) mass is 314 g/mol. The van der Waals surface area contributed by atoms with Crippen molar-refractivity contribution in [3.63, 3.8) is 0 Å². The maximum absolute atomic E-state index is 12.7. The molecule has 4 nitrogen and oxygen atoms in total. The van der Waals surface area contributed by atoms with Crippen molar-refractivity contribution in [3.8, 4) is 0 Å². The number of hydrogen-bond acceptors (Lipinski definition) is 3. The molecule has 3 N–H and O–H groups in total. The highest BCUT2D eigenvalue weighted by atomic mass is 16.5. The van der Waals surface area contributed by atoms with Crippen molar-refractivity contribution in [2.75, 3.05) is 13.2 Å². The van der Waals surface area contributed by atoms with Gasteiger partial charge in [0.1, 0.15) is 0 Å². The third-order valence-corrected chi connectivity index (χ3v) is 5.96. The zero-order valence-corrected chi connectivity index (χ0v) is 13.5. The second kappa shape index (κ2) is 5.91. The topological polar surface area (TPSA) is 64.4 Å². The van der Waals surface area contributed by atoms with Gasteiger partial charge in [-0.05, 0) is 49.0 Å². The summed E-state index contributed by atoms with van der Waals surface area (Å²) in [6.07, 6.45) is 5.14. The minimum atomic E-state index is 0.0989. The average molecular weight is 314 g/mol. The number of carbonyl (C=O) groups excluding carboxylic acids is 1. The van der Waals surface area contributed by atoms with Crippen LogP contribution in [-0.2, 0) is 9.53 Å². The Morgan fingerprint density at radius 3 is 2.74 bits per heavy atom. The Kier molecular flexibility index (Phi) is 3.90. The van der Waals surface area contributed by atoms with Crippen LogP contribution in [0.3, 0.4) is 0 Å². The second-order valence-corrected chi connectivity index (χ2v) is 7.72. The molecule has 1 aromatic rings. The van der Waals surface area contributed by atoms with Crippen LogP contribution in [0.4, 0.5) is 0 Å². The van der Waals surface area contributed by atoms with Crippen LogP contribution in [0.25, 0.3) is 0 Å². The summed E-state index contributed by atoms with van der Waals surface area (Å²) < 4.78 is 5.50. The summed E-state index contributed by atoms with van der Waals surface area (Å²) in [7, 11) is 0. The highest BCUT2D eigenvalue weighted by Crippen LogP contribution is 2.65. The maximum Gasteiger partial charge on any atom is 0.224 e. The lowest BCUT2D eigenvalue weighted by molar-refractivity contribution is -0.124. The summed E-state index contributed by atoms with van der Waals surface area (Å²) in [5, 5.41) is 3.33. The first-order valence-corrected chi connectivity index (χ1v) is 8.85. The van der Waals surface area contributed by atoms with Crippen LogP contribution in [0.2, 0.25) is 0 Å². The lowest BCUT2D eigenvalue weighted by Gasteiger charge is -2.34. The second-order valence-electron chi connectivity index (χ2n) is 7.72. The number of ether oxygens (including phenoxy) is 1. The minimum Gasteiger partial charge on any atom is -0.381 e. The zero-order chi connectivity index (χ0) is 15.9. The first-order chi connectivity index (χ1) is 11.2. The molecule has 4 heteroatoms. The van der Waals surface area contributed by atoms with Gasteiger partial charge in [0, 0.05) is 25.2 Å². The maximum atomic E-state index is 12.7. The number of carbonyl (C=O) groups is 1. The van der Waals surface area contributed by atoms with Gasteiger partial charge in [-0.1, -0.05) is 30.3 Å². The lowest BCUT2D eigenvalue weighted by Crippen LogP contribution is -2.41. The number of nitrogens with two attached hydrogens (primary N) is 1. The van der Waals surface area contributed by atoms with Crippen molar-refractivity contribution >= 4 is 5.91 Å². The van der Waals surface area contributed by atoms with Gasteiger partial charge in [0.15, 0.2) is 0 Å². The number of rotatable bonds is 5. The highest BCUT2D eigenvalue weighted by Gasteiger charge is 2.63. The van der Waals surface area contributed by atoms with E-state index in [4.69, 9.17) is 10.5 Å². The van der Waals surface area contributed by atoms with E-state index >= 15 is 0 Å². The van der Waals surface area contributed by atoms with E-state index in [1.807, 2.05) is 18.2 Å². The van der Waals surface area contributed by atoms with E-state index in [1.54, 1.807) is 0 Å². The summed E-state index contributed by atoms with van der Waals surface area (Å²) in [6, 6.07) is 10.7. The normalized spacial score (nSPS) is 36.5. The van der Waals surface area contributed by atoms with Crippen molar-refractivity contribution in [2.24, 2.45) is 23.0 Å². The molecule has 0 aromatic heterocycles. The van der Waals surface area contributed by atoms with Gasteiger partial charge < -0.3 is 15.8 Å². The number of amides is 1. The van der Waals surface area contributed by atoms with Gasteiger partial charge in [-0.25, -0.2) is 0 Å². The van der Waals surface area contributed by atoms with E-state index in [1.165, 1.54) is 5.56 Å². The van der Waals surface area contributed by atoms with Crippen LogP contribution in [-0.4, -0.2) is 25.2 Å². The molecular formula is C19H26N2O2. The minimum absolute atomic E-state index is 0.0989. The number of benzene rings is 1. The Labute approximate surface area is 137 Å². The molecule has 1 aromatic carbocycles. The van der Waals surface area contributed by atoms with Gasteiger partial charge in [-0.15, -0.1) is 0 Å². The fourth-order valence-corrected chi connectivity index (χ4v) is 4.49. The Morgan fingerprint density at radius 1 is 1.30 bits per heavy atom. The molecule has 3 aliphatic rings. The quantitative estimate of drug-likeness (QED) is 0.877. The van der Waals surface area contributed by atoms with Crippen LogP contribution in [0, 0.1) is 17.3 Å². The van der Waals surface area contributed by atoms with E-state index < -0.39 is 0 Å². The fourth-order valence-electron chi connectivity index (χ4n) is 4.49. The van der Waals surface area contributed by atoms with E-state index in [0.29, 0.717) is 12.0 Å². The largest absolute Gasteiger partial charge is 0.381 e. The van der Waals surface area contributed by atoms with Crippen molar-refractivity contribution in [1.29, 1.82) is 0 Å². The van der Waals surface area contributed by atoms with Crippen LogP contribution in [0.15, 0.2) is 30.3 Å². The van der Waals surface area contributed by atoms with Crippen LogP contribution < -0.4 is 11.1 Å². The van der Waals surface area contributed by atoms with Crippen molar-refractivity contribution in [3.05, 3.63) is 35.9 Å². The summed E-state index contributed by atoms with van der Waals surface area (Å²) in [6.45, 7) is 1.67. The summed E-state index contributed by atoms with van der Waals surface area (Å²) in [5.74, 6) is 0.962. The van der Waals surface area contributed by atoms with Crippen molar-refractivity contribution in [2.45, 2.75) is 44.2 Å². The molecule has 1 amide bonds. The van der Waals surface area contributed by atoms with Crippen molar-refractivity contribution < 1.29 is 9.53 Å². The first kappa shape index (κ1) is 15.2. The molecule has 1 saturated heterocycles. The Hall–Kier alpha value is -1.39. The molecule has 0 radical (unpaired) electrons. The SMILES string of the molecule is NC1CC2(C1)C[C@@H]2C(=O)NC(CC1CCOC1)c1ccccc1. The fraction of sp³-hybridized carbons (Fsp3) is 0.632. The summed E-state index contributed by atoms with van der Waals surface area (Å²) in [5.41, 5.74) is 7.36. The molecule has 2 aliphatic carbocycles. The van der Waals surface area contributed by atoms with Crippen molar-refractivity contribution in [1.82, 2.24) is 5.32 Å². The molecule has 0 bridgehead atoms. The zero-order valence-electron chi connectivity index (χ0n) is 13.5. The molecule has 4 rings (SSSR count). The Balaban J connectivity index is 1.42. The predicted molar refractivity (Wildman–Crippen MR) is 88.6 cm³/mol. The lowest BCUT2D eigenvalue weighted by atomic mass is 9.75. The molecule has 23 heavy (non-hydrogen) atoms. The molecular weight excluding hydrogens is 288 g/mol. The Bertz CT molecular complexity index is 562. The molecule has 1 heterocycles. The standard InChI is InChI=1S/C19H26N2O2/c20-15-9-19(10-15)11-16(19)18(22)21-17(8-13-6-7-23-12-13)14-4-2-1-3-5-14/h1-5,13,15-17H,6-12,20H2,(H,21,22)/t13?,15?,16-,17?,19?/m1/s1. The van der Waals surface area contributed by atoms with Crippen LogP contribution >= 0.6 is 0 Å². The van der Waals surface area contributed by atoms with Crippen LogP contribution in [0.5, 0.6) is 0 Å². The van der Waals surface area contributed by atoms with Gasteiger partial charge in [0.05, 0.1) is 6.04 Å². The van der Waals surface area contributed by atoms with Crippen LogP contribution in [0.1, 0.15) is 43.7 Å². The van der Waals surface area contributed by atoms with Gasteiger partial charge in [-0.3, -0.25) is 4.79 Å². The summed E-state index contributed by atoms with van der Waals surface area (Å²) in [4.78, 5) is 12.7. The molecule has 2 unspecified atom stereocenters. The molecule has 3 atom stereocenters. The average Bonchev–Trinajstić information content (AvgIpc) is 3.04. The van der Waals surface area contributed by atoms with Gasteiger partial charge in [-0.2, -0.15) is 0 Å². The third kappa shape index (κ3) is 3.02. The smallest absolute Gasteiger partial charge is 0.224 e. The first-order valence-electron chi connectivity index (χ1n) is 8.85. The predicted octanol–water partition coefficient (Wildman–Crippen LogP) is 2.40. The molecule has 124 valence electrons. The highest BCUT2D eigenvalue weighted by molar-refractivity contribution is 5.83. The third-order valence-electron chi connectivity index (χ3n) is 5.96. The molecule has 2 saturated carbocycles. The number of hydrogen-bond donors (Lipinski definition) is 2. The van der Waals surface area contributed by atoms with Gasteiger partial charge in [0.25, 0.3) is 0 Å². The molecule has 3 fully saturated rings. The Morgan fingerprint density at radius 2 is 2.09 bits per heavy atom. The van der Waals surface area contributed by atoms with E-state index in [-0.39, 0.29) is 23.3 Å². The number of nitrogens with one attached hydrogen (secondary N) is 1. The van der Waals surface area contributed by atoms with Gasteiger partial charge >= 0.3 is 0 Å². The molecule has 1 spiro atoms. The van der Waals surface area contributed by atoms with E-state index in [0.717, 1.165) is 45.3 Å². The van der Waals surface area contributed by atoms with Gasteiger partial charge in [0.2, 0.25) is 5.91 Å². The summed E-state index contributed by atoms with van der Waals surface area (Å²) >= 11 is 0.